The fraction of sp³-hybridized carbons (Fsp3) is 0.679. The number of amides is 2. The molecule has 1 aromatic rings. The molecular formula is C28H41FN2O11Si. The van der Waals surface area contributed by atoms with E-state index in [-0.39, 0.29) is 37.6 Å². The van der Waals surface area contributed by atoms with Crippen molar-refractivity contribution in [2.75, 3.05) is 30.5 Å². The van der Waals surface area contributed by atoms with Gasteiger partial charge in [0.1, 0.15) is 18.3 Å². The van der Waals surface area contributed by atoms with Gasteiger partial charge in [0, 0.05) is 42.3 Å². The fourth-order valence-corrected chi connectivity index (χ4v) is 9.22. The van der Waals surface area contributed by atoms with E-state index in [2.05, 4.69) is 10.1 Å². The van der Waals surface area contributed by atoms with Crippen molar-refractivity contribution in [2.24, 2.45) is 5.92 Å². The maximum Gasteiger partial charge on any atom is 0.305 e. The number of rotatable bonds is 10. The van der Waals surface area contributed by atoms with Crippen molar-refractivity contribution >= 4 is 37.6 Å². The number of hydrogen-bond acceptors (Lipinski definition) is 11. The van der Waals surface area contributed by atoms with Gasteiger partial charge in [0.25, 0.3) is 11.8 Å². The summed E-state index contributed by atoms with van der Waals surface area (Å²) in [5, 5.41) is 52.1. The predicted molar refractivity (Wildman–Crippen MR) is 152 cm³/mol. The van der Waals surface area contributed by atoms with Crippen molar-refractivity contribution in [2.45, 2.75) is 93.7 Å². The SMILES string of the molecule is COC(=O)CCCCN1C(=O)[C@]2(O[C@H](CCO)[C@@H]([Si](C)(C)F)[C@@H]2C)c2cc(NC(=O)[C@H]3O[C@@H](O)[C@H](O)[C@@H](O)[C@@H]3O)ccc21. The monoisotopic (exact) mass is 628 g/mol. The van der Waals surface area contributed by atoms with Crippen molar-refractivity contribution in [1.82, 2.24) is 0 Å². The van der Waals surface area contributed by atoms with Gasteiger partial charge in [0.05, 0.1) is 18.9 Å². The van der Waals surface area contributed by atoms with E-state index in [9.17, 15) is 39.9 Å². The Bertz CT molecular complexity index is 1220. The van der Waals surface area contributed by atoms with Crippen LogP contribution >= 0.6 is 0 Å². The Hall–Kier alpha value is -2.50. The average Bonchev–Trinajstić information content (AvgIpc) is 3.37. The summed E-state index contributed by atoms with van der Waals surface area (Å²) in [7, 11) is -2.13. The number of carbonyl (C=O) groups is 3. The van der Waals surface area contributed by atoms with Gasteiger partial charge in [-0.25, -0.2) is 0 Å². The minimum Gasteiger partial charge on any atom is -0.469 e. The van der Waals surface area contributed by atoms with Crippen molar-refractivity contribution in [1.29, 1.82) is 0 Å². The standard InChI is InChI=1S/C28H41FN2O11Si/c1-14-24(43(3,4)29)18(10-12-32)42-28(14)16-13-15(30-25(37)23-21(35)20(34)22(36)26(38)41-23)8-9-17(16)31(27(28)39)11-6-5-7-19(33)40-2/h8-9,13-14,18,20-24,26,32,34-36,38H,5-7,10-12H2,1-4H3,(H,30,37)/t14-,18+,20-,21-,22+,23-,24-,26+,28+/m0/s1. The first-order chi connectivity index (χ1) is 20.2. The molecule has 0 unspecified atom stereocenters. The number of aliphatic hydroxyl groups is 5. The molecule has 9 atom stereocenters. The third-order valence-corrected chi connectivity index (χ3v) is 11.2. The van der Waals surface area contributed by atoms with E-state index in [1.54, 1.807) is 13.0 Å². The van der Waals surface area contributed by atoms with Crippen LogP contribution in [0.4, 0.5) is 15.5 Å². The van der Waals surface area contributed by atoms with Crippen LogP contribution < -0.4 is 10.2 Å². The molecule has 2 fully saturated rings. The molecular weight excluding hydrogens is 587 g/mol. The summed E-state index contributed by atoms with van der Waals surface area (Å²) in [5.74, 6) is -2.34. The summed E-state index contributed by atoms with van der Waals surface area (Å²) in [5.41, 5.74) is -1.20. The molecule has 13 nitrogen and oxygen atoms in total. The summed E-state index contributed by atoms with van der Waals surface area (Å²) in [4.78, 5) is 40.4. The highest BCUT2D eigenvalue weighted by Crippen LogP contribution is 2.60. The Kier molecular flexibility index (Phi) is 9.98. The van der Waals surface area contributed by atoms with Crippen LogP contribution in [0, 0.1) is 5.92 Å². The Morgan fingerprint density at radius 3 is 2.47 bits per heavy atom. The Morgan fingerprint density at radius 1 is 1.14 bits per heavy atom. The van der Waals surface area contributed by atoms with Gasteiger partial charge in [-0.1, -0.05) is 6.92 Å². The Morgan fingerprint density at radius 2 is 1.84 bits per heavy atom. The molecule has 2 amide bonds. The first-order valence-corrected chi connectivity index (χ1v) is 17.3. The summed E-state index contributed by atoms with van der Waals surface area (Å²) >= 11 is 0. The number of ether oxygens (including phenoxy) is 3. The number of methoxy groups -OCH3 is 1. The molecule has 0 aromatic heterocycles. The lowest BCUT2D eigenvalue weighted by Crippen LogP contribution is -2.60. The summed E-state index contributed by atoms with van der Waals surface area (Å²) < 4.78 is 31.9. The predicted octanol–water partition coefficient (Wildman–Crippen LogP) is 0.272. The van der Waals surface area contributed by atoms with Gasteiger partial charge in [-0.3, -0.25) is 14.4 Å². The van der Waals surface area contributed by atoms with Crippen LogP contribution in [0.3, 0.4) is 0 Å². The minimum absolute atomic E-state index is 0.128. The van der Waals surface area contributed by atoms with Gasteiger partial charge < -0.3 is 54.1 Å². The molecule has 1 spiro atoms. The first kappa shape index (κ1) is 33.4. The van der Waals surface area contributed by atoms with Gasteiger partial charge in [-0.05, 0) is 50.6 Å². The molecule has 4 rings (SSSR count). The fourth-order valence-electron chi connectivity index (χ4n) is 6.68. The second-order valence-electron chi connectivity index (χ2n) is 11.9. The lowest BCUT2D eigenvalue weighted by molar-refractivity contribution is -0.274. The third kappa shape index (κ3) is 6.09. The number of aliphatic hydroxyl groups excluding tert-OH is 5. The van der Waals surface area contributed by atoms with Crippen molar-refractivity contribution < 1.29 is 58.2 Å². The quantitative estimate of drug-likeness (QED) is 0.0901. The van der Waals surface area contributed by atoms with Crippen LogP contribution in [0.5, 0.6) is 0 Å². The molecule has 3 aliphatic heterocycles. The number of carbonyl (C=O) groups excluding carboxylic acids is 3. The van der Waals surface area contributed by atoms with Gasteiger partial charge in [-0.15, -0.1) is 0 Å². The second kappa shape index (κ2) is 12.8. The number of nitrogens with zero attached hydrogens (tertiary/aromatic N) is 1. The number of halogens is 1. The number of nitrogens with one attached hydrogen (secondary N) is 1. The third-order valence-electron chi connectivity index (χ3n) is 8.73. The smallest absolute Gasteiger partial charge is 0.305 e. The van der Waals surface area contributed by atoms with Gasteiger partial charge in [-0.2, -0.15) is 0 Å². The van der Waals surface area contributed by atoms with Gasteiger partial charge in [0.2, 0.25) is 8.41 Å². The van der Waals surface area contributed by atoms with Crippen molar-refractivity contribution in [3.05, 3.63) is 23.8 Å². The number of benzene rings is 1. The van der Waals surface area contributed by atoms with Gasteiger partial charge >= 0.3 is 5.97 Å². The van der Waals surface area contributed by atoms with Crippen LogP contribution in [-0.4, -0.2) is 109 Å². The van der Waals surface area contributed by atoms with Crippen LogP contribution in [0.1, 0.15) is 38.2 Å². The van der Waals surface area contributed by atoms with E-state index in [4.69, 9.17) is 9.47 Å². The number of hydrogen-bond donors (Lipinski definition) is 6. The molecule has 6 N–H and O–H groups in total. The van der Waals surface area contributed by atoms with E-state index in [1.165, 1.54) is 37.2 Å². The van der Waals surface area contributed by atoms with Crippen LogP contribution in [0.25, 0.3) is 0 Å². The molecule has 0 saturated carbocycles. The summed E-state index contributed by atoms with van der Waals surface area (Å²) in [6.07, 6.45) is -8.64. The summed E-state index contributed by atoms with van der Waals surface area (Å²) in [6.45, 7) is 4.80. The lowest BCUT2D eigenvalue weighted by Gasteiger charge is -2.37. The summed E-state index contributed by atoms with van der Waals surface area (Å²) in [6, 6.07) is 4.64. The molecule has 2 saturated heterocycles. The number of anilines is 2. The Labute approximate surface area is 249 Å². The van der Waals surface area contributed by atoms with E-state index < -0.39 is 74.1 Å². The molecule has 3 heterocycles. The zero-order valence-corrected chi connectivity index (χ0v) is 25.6. The maximum atomic E-state index is 15.8. The highest BCUT2D eigenvalue weighted by molar-refractivity contribution is 6.72. The lowest BCUT2D eigenvalue weighted by atomic mass is 9.82. The van der Waals surface area contributed by atoms with Crippen molar-refractivity contribution in [3.63, 3.8) is 0 Å². The van der Waals surface area contributed by atoms with E-state index in [0.717, 1.165) is 0 Å². The van der Waals surface area contributed by atoms with Gasteiger partial charge in [0.15, 0.2) is 18.0 Å². The molecule has 43 heavy (non-hydrogen) atoms. The molecule has 1 aromatic carbocycles. The maximum absolute atomic E-state index is 15.8. The Balaban J connectivity index is 1.69. The molecule has 240 valence electrons. The second-order valence-corrected chi connectivity index (χ2v) is 15.7. The first-order valence-electron chi connectivity index (χ1n) is 14.4. The highest BCUT2D eigenvalue weighted by atomic mass is 28.4. The zero-order valence-electron chi connectivity index (χ0n) is 24.6. The van der Waals surface area contributed by atoms with Crippen molar-refractivity contribution in [3.8, 4) is 0 Å². The van der Waals surface area contributed by atoms with Crippen LogP contribution in [0.2, 0.25) is 18.6 Å². The topological polar surface area (TPSA) is 195 Å². The minimum atomic E-state index is -3.43. The number of esters is 1. The van der Waals surface area contributed by atoms with E-state index >= 15 is 4.11 Å². The van der Waals surface area contributed by atoms with E-state index in [1.807, 2.05) is 0 Å². The average molecular weight is 629 g/mol. The molecule has 15 heteroatoms. The van der Waals surface area contributed by atoms with E-state index in [0.29, 0.717) is 24.1 Å². The number of unbranched alkanes of at least 4 members (excludes halogenated alkanes) is 1. The molecule has 3 aliphatic rings. The van der Waals surface area contributed by atoms with Crippen LogP contribution in [0.15, 0.2) is 18.2 Å². The zero-order chi connectivity index (χ0) is 31.9. The highest BCUT2D eigenvalue weighted by Gasteiger charge is 2.66. The van der Waals surface area contributed by atoms with Crippen LogP contribution in [-0.2, 0) is 34.2 Å². The molecule has 0 bridgehead atoms. The molecule has 0 aliphatic carbocycles. The number of fused-ring (bicyclic) bond motifs is 2. The molecule has 0 radical (unpaired) electrons. The normalized spacial score (nSPS) is 34.0. The largest absolute Gasteiger partial charge is 0.469 e.